The van der Waals surface area contributed by atoms with E-state index in [0.29, 0.717) is 13.1 Å². The van der Waals surface area contributed by atoms with Gasteiger partial charge in [0, 0.05) is 31.9 Å². The zero-order valence-corrected chi connectivity index (χ0v) is 19.1. The number of benzene rings is 2. The summed E-state index contributed by atoms with van der Waals surface area (Å²) in [5.74, 6) is -0.0163. The zero-order chi connectivity index (χ0) is 23.3. The van der Waals surface area contributed by atoms with Crippen molar-refractivity contribution in [2.24, 2.45) is 0 Å². The van der Waals surface area contributed by atoms with Crippen LogP contribution in [0.4, 0.5) is 5.69 Å². The molecule has 2 aromatic rings. The summed E-state index contributed by atoms with van der Waals surface area (Å²) in [7, 11) is -3.76. The molecule has 176 valence electrons. The molecule has 33 heavy (non-hydrogen) atoms. The molecule has 2 aliphatic heterocycles. The number of para-hydroxylation sites is 1. The van der Waals surface area contributed by atoms with E-state index in [9.17, 15) is 18.3 Å². The number of carbonyl (C=O) groups excluding carboxylic acids is 1. The number of aliphatic hydroxyl groups excluding tert-OH is 1. The number of hydrogen-bond acceptors (Lipinski definition) is 6. The molecule has 9 heteroatoms. The lowest BCUT2D eigenvalue weighted by Crippen LogP contribution is -2.51. The first kappa shape index (κ1) is 23.4. The van der Waals surface area contributed by atoms with Gasteiger partial charge in [-0.2, -0.15) is 0 Å². The second-order valence-electron chi connectivity index (χ2n) is 8.15. The van der Waals surface area contributed by atoms with Gasteiger partial charge in [-0.25, -0.2) is 13.1 Å². The summed E-state index contributed by atoms with van der Waals surface area (Å²) in [5.41, 5.74) is 1.15. The van der Waals surface area contributed by atoms with E-state index in [2.05, 4.69) is 21.8 Å². The van der Waals surface area contributed by atoms with E-state index >= 15 is 0 Å². The third kappa shape index (κ3) is 5.80. The van der Waals surface area contributed by atoms with Gasteiger partial charge < -0.3 is 19.6 Å². The van der Waals surface area contributed by atoms with Gasteiger partial charge in [0.25, 0.3) is 0 Å². The van der Waals surface area contributed by atoms with E-state index in [1.165, 1.54) is 12.1 Å². The highest BCUT2D eigenvalue weighted by Gasteiger charge is 2.32. The lowest BCUT2D eigenvalue weighted by Gasteiger charge is -2.37. The van der Waals surface area contributed by atoms with Crippen molar-refractivity contribution >= 4 is 21.6 Å². The topological polar surface area (TPSA) is 99.2 Å². The summed E-state index contributed by atoms with van der Waals surface area (Å²) < 4.78 is 33.6. The fraction of sp³-hybridized carbons (Fsp3) is 0.375. The third-order valence-electron chi connectivity index (χ3n) is 5.94. The van der Waals surface area contributed by atoms with Gasteiger partial charge in [-0.1, -0.05) is 48.6 Å². The van der Waals surface area contributed by atoms with Crippen molar-refractivity contribution in [2.45, 2.75) is 29.6 Å². The van der Waals surface area contributed by atoms with E-state index in [-0.39, 0.29) is 23.8 Å². The van der Waals surface area contributed by atoms with E-state index in [0.717, 1.165) is 18.8 Å². The Morgan fingerprint density at radius 3 is 2.24 bits per heavy atom. The van der Waals surface area contributed by atoms with E-state index in [1.807, 2.05) is 23.1 Å². The quantitative estimate of drug-likeness (QED) is 0.592. The van der Waals surface area contributed by atoms with Crippen LogP contribution in [0.15, 0.2) is 77.7 Å². The molecule has 2 aromatic carbocycles. The molecule has 0 radical (unpaired) electrons. The minimum atomic E-state index is -3.76. The van der Waals surface area contributed by atoms with Gasteiger partial charge in [-0.3, -0.25) is 4.79 Å². The smallest absolute Gasteiger partial charge is 0.241 e. The molecule has 0 unspecified atom stereocenters. The monoisotopic (exact) mass is 471 g/mol. The number of aliphatic hydroxyl groups is 1. The molecule has 8 nitrogen and oxygen atoms in total. The summed E-state index contributed by atoms with van der Waals surface area (Å²) in [6.07, 6.45) is 2.22. The molecule has 3 atom stereocenters. The lowest BCUT2D eigenvalue weighted by atomic mass is 10.1. The SMILES string of the molecule is O=C(C[C@@H]1C=C[C@@H](NS(=O)(=O)c2ccccc2)[C@@H](CO)O1)N1CCN(c2ccccc2)CC1. The summed E-state index contributed by atoms with van der Waals surface area (Å²) in [6.45, 7) is 2.42. The standard InChI is InChI=1S/C24H29N3O5S/c28-18-23-22(25-33(30,31)21-9-5-2-6-10-21)12-11-20(32-23)17-24(29)27-15-13-26(14-16-27)19-7-3-1-4-8-19/h1-12,20,22-23,25,28H,13-18H2/t20-,22+,23+/m0/s1. The number of nitrogens with zero attached hydrogens (tertiary/aromatic N) is 2. The van der Waals surface area contributed by atoms with Gasteiger partial charge in [0.05, 0.1) is 30.1 Å². The van der Waals surface area contributed by atoms with Crippen LogP contribution in [0.5, 0.6) is 0 Å². The second kappa shape index (κ2) is 10.5. The van der Waals surface area contributed by atoms with Gasteiger partial charge in [0.2, 0.25) is 15.9 Å². The Labute approximate surface area is 194 Å². The van der Waals surface area contributed by atoms with Crippen molar-refractivity contribution in [3.63, 3.8) is 0 Å². The minimum Gasteiger partial charge on any atom is -0.394 e. The maximum Gasteiger partial charge on any atom is 0.241 e. The first-order chi connectivity index (χ1) is 16.0. The first-order valence-corrected chi connectivity index (χ1v) is 12.5. The van der Waals surface area contributed by atoms with Gasteiger partial charge in [0.15, 0.2) is 0 Å². The molecule has 2 heterocycles. The number of amides is 1. The Morgan fingerprint density at radius 2 is 1.61 bits per heavy atom. The van der Waals surface area contributed by atoms with Crippen molar-refractivity contribution in [1.82, 2.24) is 9.62 Å². The average molecular weight is 472 g/mol. The molecule has 1 amide bonds. The Kier molecular flexibility index (Phi) is 7.44. The van der Waals surface area contributed by atoms with Crippen LogP contribution in [0.3, 0.4) is 0 Å². The van der Waals surface area contributed by atoms with E-state index < -0.39 is 28.3 Å². The van der Waals surface area contributed by atoms with Crippen LogP contribution >= 0.6 is 0 Å². The number of anilines is 1. The Balaban J connectivity index is 1.32. The van der Waals surface area contributed by atoms with Crippen LogP contribution in [0, 0.1) is 0 Å². The normalized spacial score (nSPS) is 23.5. The van der Waals surface area contributed by atoms with Crippen LogP contribution in [0.2, 0.25) is 0 Å². The summed E-state index contributed by atoms with van der Waals surface area (Å²) >= 11 is 0. The summed E-state index contributed by atoms with van der Waals surface area (Å²) in [5, 5.41) is 9.77. The molecule has 0 aromatic heterocycles. The molecule has 2 N–H and O–H groups in total. The van der Waals surface area contributed by atoms with Crippen molar-refractivity contribution in [3.8, 4) is 0 Å². The van der Waals surface area contributed by atoms with Crippen LogP contribution in [0.1, 0.15) is 6.42 Å². The molecule has 0 aliphatic carbocycles. The third-order valence-corrected chi connectivity index (χ3v) is 7.41. The van der Waals surface area contributed by atoms with Gasteiger partial charge in [-0.15, -0.1) is 0 Å². The second-order valence-corrected chi connectivity index (χ2v) is 9.86. The molecule has 0 bridgehead atoms. The van der Waals surface area contributed by atoms with Crippen LogP contribution in [0.25, 0.3) is 0 Å². The average Bonchev–Trinajstić information content (AvgIpc) is 2.86. The molecule has 1 saturated heterocycles. The fourth-order valence-corrected chi connectivity index (χ4v) is 5.35. The lowest BCUT2D eigenvalue weighted by molar-refractivity contribution is -0.135. The highest BCUT2D eigenvalue weighted by molar-refractivity contribution is 7.89. The van der Waals surface area contributed by atoms with E-state index in [1.54, 1.807) is 30.4 Å². The van der Waals surface area contributed by atoms with Crippen LogP contribution in [-0.4, -0.2) is 75.4 Å². The van der Waals surface area contributed by atoms with Gasteiger partial charge >= 0.3 is 0 Å². The van der Waals surface area contributed by atoms with Gasteiger partial charge in [-0.05, 0) is 24.3 Å². The molecule has 0 spiro atoms. The van der Waals surface area contributed by atoms with E-state index in [4.69, 9.17) is 4.74 Å². The number of carbonyl (C=O) groups is 1. The fourth-order valence-electron chi connectivity index (χ4n) is 4.11. The minimum absolute atomic E-state index is 0.0163. The zero-order valence-electron chi connectivity index (χ0n) is 18.3. The Hall–Kier alpha value is -2.72. The van der Waals surface area contributed by atoms with Gasteiger partial charge in [0.1, 0.15) is 6.10 Å². The Bertz CT molecular complexity index is 1050. The predicted octanol–water partition coefficient (Wildman–Crippen LogP) is 1.39. The first-order valence-electron chi connectivity index (χ1n) is 11.1. The number of sulfonamides is 1. The van der Waals surface area contributed by atoms with Crippen molar-refractivity contribution in [1.29, 1.82) is 0 Å². The highest BCUT2D eigenvalue weighted by Crippen LogP contribution is 2.20. The maximum absolute atomic E-state index is 12.8. The number of ether oxygens (including phenoxy) is 1. The number of hydrogen-bond donors (Lipinski definition) is 2. The number of rotatable bonds is 7. The molecule has 2 aliphatic rings. The predicted molar refractivity (Wildman–Crippen MR) is 125 cm³/mol. The number of nitrogens with one attached hydrogen (secondary N) is 1. The van der Waals surface area contributed by atoms with Crippen LogP contribution < -0.4 is 9.62 Å². The number of piperazine rings is 1. The highest BCUT2D eigenvalue weighted by atomic mass is 32.2. The van der Waals surface area contributed by atoms with Crippen LogP contribution in [-0.2, 0) is 19.6 Å². The Morgan fingerprint density at radius 1 is 0.970 bits per heavy atom. The molecular formula is C24H29N3O5S. The van der Waals surface area contributed by atoms with Crippen molar-refractivity contribution < 1.29 is 23.1 Å². The summed E-state index contributed by atoms with van der Waals surface area (Å²) in [4.78, 5) is 17.0. The maximum atomic E-state index is 12.8. The largest absolute Gasteiger partial charge is 0.394 e. The molecule has 4 rings (SSSR count). The molecular weight excluding hydrogens is 442 g/mol. The van der Waals surface area contributed by atoms with Crippen molar-refractivity contribution in [3.05, 3.63) is 72.8 Å². The van der Waals surface area contributed by atoms with Crippen molar-refractivity contribution in [2.75, 3.05) is 37.7 Å². The molecule has 1 fully saturated rings. The summed E-state index contributed by atoms with van der Waals surface area (Å²) in [6, 6.07) is 17.4. The molecule has 0 saturated carbocycles.